The molecule has 0 saturated heterocycles. The predicted molar refractivity (Wildman–Crippen MR) is 121 cm³/mol. The molecule has 4 aromatic rings. The highest BCUT2D eigenvalue weighted by Crippen LogP contribution is 2.36. The van der Waals surface area contributed by atoms with Crippen molar-refractivity contribution in [3.8, 4) is 28.6 Å². The Morgan fingerprint density at radius 2 is 1.58 bits per heavy atom. The third kappa shape index (κ3) is 4.40. The molecule has 1 aromatic heterocycles. The van der Waals surface area contributed by atoms with Crippen molar-refractivity contribution in [2.45, 2.75) is 12.8 Å². The first-order chi connectivity index (χ1) is 15.2. The van der Waals surface area contributed by atoms with Gasteiger partial charge in [-0.1, -0.05) is 60.7 Å². The molecule has 1 heterocycles. The second-order valence-electron chi connectivity index (χ2n) is 7.10. The van der Waals surface area contributed by atoms with Crippen LogP contribution in [0.4, 0.5) is 0 Å². The third-order valence-corrected chi connectivity index (χ3v) is 5.08. The van der Waals surface area contributed by atoms with Crippen molar-refractivity contribution >= 4 is 11.0 Å². The SMILES string of the molecule is COc1cc(OC)c2c(=O)c(OCCCc3ccccc3)c(-c3ccccc3)oc2c1. The van der Waals surface area contributed by atoms with Gasteiger partial charge >= 0.3 is 0 Å². The first kappa shape index (κ1) is 20.5. The zero-order valence-corrected chi connectivity index (χ0v) is 17.6. The number of hydrogen-bond donors (Lipinski definition) is 0. The van der Waals surface area contributed by atoms with Gasteiger partial charge in [0.15, 0.2) is 5.76 Å². The fourth-order valence-corrected chi connectivity index (χ4v) is 3.53. The molecule has 0 radical (unpaired) electrons. The molecule has 0 saturated carbocycles. The normalized spacial score (nSPS) is 10.8. The Labute approximate surface area is 180 Å². The number of aryl methyl sites for hydroxylation is 1. The average molecular weight is 416 g/mol. The van der Waals surface area contributed by atoms with Crippen molar-refractivity contribution in [2.24, 2.45) is 0 Å². The van der Waals surface area contributed by atoms with Gasteiger partial charge in [0.1, 0.15) is 22.5 Å². The van der Waals surface area contributed by atoms with Crippen LogP contribution in [0.2, 0.25) is 0 Å². The number of fused-ring (bicyclic) bond motifs is 1. The lowest BCUT2D eigenvalue weighted by Gasteiger charge is -2.14. The summed E-state index contributed by atoms with van der Waals surface area (Å²) in [5, 5.41) is 0.334. The van der Waals surface area contributed by atoms with E-state index in [0.29, 0.717) is 34.8 Å². The minimum Gasteiger partial charge on any atom is -0.496 e. The van der Waals surface area contributed by atoms with Crippen molar-refractivity contribution in [3.63, 3.8) is 0 Å². The van der Waals surface area contributed by atoms with Gasteiger partial charge in [0.25, 0.3) is 0 Å². The summed E-state index contributed by atoms with van der Waals surface area (Å²) in [6, 6.07) is 23.0. The molecule has 5 heteroatoms. The van der Waals surface area contributed by atoms with E-state index < -0.39 is 0 Å². The van der Waals surface area contributed by atoms with Crippen LogP contribution in [0.1, 0.15) is 12.0 Å². The average Bonchev–Trinajstić information content (AvgIpc) is 2.83. The molecule has 31 heavy (non-hydrogen) atoms. The molecule has 0 atom stereocenters. The van der Waals surface area contributed by atoms with Gasteiger partial charge in [0.05, 0.1) is 20.8 Å². The van der Waals surface area contributed by atoms with Crippen molar-refractivity contribution in [1.82, 2.24) is 0 Å². The lowest BCUT2D eigenvalue weighted by atomic mass is 10.1. The zero-order chi connectivity index (χ0) is 21.6. The molecule has 0 aliphatic heterocycles. The molecule has 0 bridgehead atoms. The maximum absolute atomic E-state index is 13.5. The minimum atomic E-state index is -0.265. The molecule has 5 nitrogen and oxygen atoms in total. The van der Waals surface area contributed by atoms with Gasteiger partial charge in [-0.15, -0.1) is 0 Å². The maximum Gasteiger partial charge on any atom is 0.239 e. The Balaban J connectivity index is 1.74. The van der Waals surface area contributed by atoms with Crippen LogP contribution in [0.25, 0.3) is 22.3 Å². The molecule has 0 amide bonds. The van der Waals surface area contributed by atoms with E-state index in [9.17, 15) is 4.79 Å². The number of hydrogen-bond acceptors (Lipinski definition) is 5. The molecule has 0 unspecified atom stereocenters. The number of ether oxygens (including phenoxy) is 3. The van der Waals surface area contributed by atoms with E-state index in [4.69, 9.17) is 18.6 Å². The molecular formula is C26H24O5. The third-order valence-electron chi connectivity index (χ3n) is 5.08. The summed E-state index contributed by atoms with van der Waals surface area (Å²) in [7, 11) is 3.07. The Morgan fingerprint density at radius 3 is 2.26 bits per heavy atom. The summed E-state index contributed by atoms with van der Waals surface area (Å²) in [5.41, 5.74) is 2.12. The lowest BCUT2D eigenvalue weighted by Crippen LogP contribution is -2.12. The summed E-state index contributed by atoms with van der Waals surface area (Å²) < 4.78 is 23.0. The molecule has 0 aliphatic carbocycles. The second kappa shape index (κ2) is 9.39. The molecule has 0 spiro atoms. The molecule has 158 valence electrons. The zero-order valence-electron chi connectivity index (χ0n) is 17.6. The predicted octanol–water partition coefficient (Wildman–Crippen LogP) is 5.49. The van der Waals surface area contributed by atoms with E-state index in [2.05, 4.69) is 12.1 Å². The van der Waals surface area contributed by atoms with E-state index in [-0.39, 0.29) is 11.2 Å². The lowest BCUT2D eigenvalue weighted by molar-refractivity contribution is 0.302. The fourth-order valence-electron chi connectivity index (χ4n) is 3.53. The number of rotatable bonds is 8. The van der Waals surface area contributed by atoms with Crippen LogP contribution in [-0.2, 0) is 6.42 Å². The summed E-state index contributed by atoms with van der Waals surface area (Å²) in [4.78, 5) is 13.5. The Hall–Kier alpha value is -3.73. The van der Waals surface area contributed by atoms with Gasteiger partial charge in [-0.3, -0.25) is 4.79 Å². The maximum atomic E-state index is 13.5. The van der Waals surface area contributed by atoms with Gasteiger partial charge in [-0.05, 0) is 18.4 Å². The molecular weight excluding hydrogens is 392 g/mol. The van der Waals surface area contributed by atoms with Crippen LogP contribution in [0.15, 0.2) is 82.0 Å². The summed E-state index contributed by atoms with van der Waals surface area (Å²) in [5.74, 6) is 1.52. The monoisotopic (exact) mass is 416 g/mol. The van der Waals surface area contributed by atoms with Crippen molar-refractivity contribution in [2.75, 3.05) is 20.8 Å². The van der Waals surface area contributed by atoms with Crippen LogP contribution in [-0.4, -0.2) is 20.8 Å². The van der Waals surface area contributed by atoms with E-state index in [1.165, 1.54) is 12.7 Å². The fraction of sp³-hybridized carbons (Fsp3) is 0.192. The molecule has 0 fully saturated rings. The van der Waals surface area contributed by atoms with Crippen LogP contribution in [0, 0.1) is 0 Å². The molecule has 3 aromatic carbocycles. The van der Waals surface area contributed by atoms with Gasteiger partial charge in [-0.2, -0.15) is 0 Å². The van der Waals surface area contributed by atoms with E-state index in [0.717, 1.165) is 18.4 Å². The highest BCUT2D eigenvalue weighted by atomic mass is 16.5. The Kier molecular flexibility index (Phi) is 6.22. The van der Waals surface area contributed by atoms with Gasteiger partial charge in [0.2, 0.25) is 11.2 Å². The Bertz CT molecular complexity index is 1210. The van der Waals surface area contributed by atoms with Gasteiger partial charge < -0.3 is 18.6 Å². The van der Waals surface area contributed by atoms with E-state index in [1.54, 1.807) is 19.2 Å². The summed E-state index contributed by atoms with van der Waals surface area (Å²) in [6.07, 6.45) is 1.64. The quantitative estimate of drug-likeness (QED) is 0.356. The molecule has 0 aliphatic rings. The van der Waals surface area contributed by atoms with Gasteiger partial charge in [0, 0.05) is 17.7 Å². The van der Waals surface area contributed by atoms with Gasteiger partial charge in [-0.25, -0.2) is 0 Å². The van der Waals surface area contributed by atoms with Crippen LogP contribution in [0.5, 0.6) is 17.2 Å². The van der Waals surface area contributed by atoms with Crippen molar-refractivity contribution < 1.29 is 18.6 Å². The van der Waals surface area contributed by atoms with E-state index >= 15 is 0 Å². The summed E-state index contributed by atoms with van der Waals surface area (Å²) in [6.45, 7) is 0.392. The second-order valence-corrected chi connectivity index (χ2v) is 7.10. The minimum absolute atomic E-state index is 0.190. The van der Waals surface area contributed by atoms with Crippen molar-refractivity contribution in [1.29, 1.82) is 0 Å². The standard InChI is InChI=1S/C26H24O5/c1-28-20-16-21(29-2)23-22(17-20)31-25(19-13-7-4-8-14-19)26(24(23)27)30-15-9-12-18-10-5-3-6-11-18/h3-8,10-11,13-14,16-17H,9,12,15H2,1-2H3. The largest absolute Gasteiger partial charge is 0.496 e. The summed E-state index contributed by atoms with van der Waals surface area (Å²) >= 11 is 0. The first-order valence-electron chi connectivity index (χ1n) is 10.2. The van der Waals surface area contributed by atoms with Crippen LogP contribution < -0.4 is 19.6 Å². The topological polar surface area (TPSA) is 57.9 Å². The first-order valence-corrected chi connectivity index (χ1v) is 10.2. The highest BCUT2D eigenvalue weighted by Gasteiger charge is 2.21. The van der Waals surface area contributed by atoms with E-state index in [1.807, 2.05) is 48.5 Å². The molecule has 0 N–H and O–H groups in total. The molecule has 4 rings (SSSR count). The highest BCUT2D eigenvalue weighted by molar-refractivity contribution is 5.88. The number of methoxy groups -OCH3 is 2. The van der Waals surface area contributed by atoms with Crippen LogP contribution >= 0.6 is 0 Å². The number of benzene rings is 3. The smallest absolute Gasteiger partial charge is 0.239 e. The van der Waals surface area contributed by atoms with Crippen LogP contribution in [0.3, 0.4) is 0 Å². The van der Waals surface area contributed by atoms with Crippen molar-refractivity contribution in [3.05, 3.63) is 88.6 Å². The Morgan fingerprint density at radius 1 is 0.871 bits per heavy atom.